The molecule has 1 N–H and O–H groups in total. The van der Waals surface area contributed by atoms with Gasteiger partial charge in [0.2, 0.25) is 5.95 Å². The van der Waals surface area contributed by atoms with Gasteiger partial charge in [-0.25, -0.2) is 14.8 Å². The second kappa shape index (κ2) is 10.5. The molecule has 1 fully saturated rings. The second-order valence-electron chi connectivity index (χ2n) is 6.46. The molecule has 0 spiro atoms. The van der Waals surface area contributed by atoms with E-state index in [1.807, 2.05) is 23.1 Å². The fourth-order valence-corrected chi connectivity index (χ4v) is 2.98. The first-order valence-electron chi connectivity index (χ1n) is 9.49. The van der Waals surface area contributed by atoms with Gasteiger partial charge >= 0.3 is 6.03 Å². The molecule has 7 nitrogen and oxygen atoms in total. The third-order valence-corrected chi connectivity index (χ3v) is 4.52. The Morgan fingerprint density at radius 1 is 1.00 bits per heavy atom. The lowest BCUT2D eigenvalue weighted by Crippen LogP contribution is -2.52. The van der Waals surface area contributed by atoms with E-state index < -0.39 is 0 Å². The van der Waals surface area contributed by atoms with Crippen LogP contribution in [0.2, 0.25) is 0 Å². The highest BCUT2D eigenvalue weighted by Crippen LogP contribution is 2.09. The number of carbonyl (C=O) groups excluding carboxylic acids is 1. The summed E-state index contributed by atoms with van der Waals surface area (Å²) in [5, 5.41) is 2.97. The number of rotatable bonds is 8. The minimum atomic E-state index is -0.00656. The zero-order valence-electron chi connectivity index (χ0n) is 15.6. The summed E-state index contributed by atoms with van der Waals surface area (Å²) in [6, 6.07) is 12.1. The van der Waals surface area contributed by atoms with Crippen molar-refractivity contribution in [2.75, 3.05) is 50.8 Å². The zero-order valence-corrected chi connectivity index (χ0v) is 15.6. The summed E-state index contributed by atoms with van der Waals surface area (Å²) in [7, 11) is 0. The molecule has 2 heterocycles. The Morgan fingerprint density at radius 2 is 1.74 bits per heavy atom. The number of hydrogen-bond acceptors (Lipinski definition) is 5. The SMILES string of the molecule is O=C(NCCCOCCc1ccccc1)N1CCN(c2ncccn2)CC1. The van der Waals surface area contributed by atoms with Gasteiger partial charge in [0, 0.05) is 51.7 Å². The summed E-state index contributed by atoms with van der Waals surface area (Å²) >= 11 is 0. The number of anilines is 1. The minimum absolute atomic E-state index is 0.00656. The van der Waals surface area contributed by atoms with Crippen LogP contribution >= 0.6 is 0 Å². The maximum atomic E-state index is 12.2. The second-order valence-corrected chi connectivity index (χ2v) is 6.46. The van der Waals surface area contributed by atoms with Crippen LogP contribution in [0.4, 0.5) is 10.7 Å². The van der Waals surface area contributed by atoms with Crippen molar-refractivity contribution in [1.82, 2.24) is 20.2 Å². The Morgan fingerprint density at radius 3 is 2.48 bits per heavy atom. The fraction of sp³-hybridized carbons (Fsp3) is 0.450. The normalized spacial score (nSPS) is 14.2. The van der Waals surface area contributed by atoms with Crippen LogP contribution in [0.15, 0.2) is 48.8 Å². The van der Waals surface area contributed by atoms with Crippen LogP contribution in [-0.4, -0.2) is 66.8 Å². The molecule has 1 aliphatic rings. The van der Waals surface area contributed by atoms with Crippen molar-refractivity contribution in [2.24, 2.45) is 0 Å². The van der Waals surface area contributed by atoms with E-state index in [0.717, 1.165) is 31.9 Å². The summed E-state index contributed by atoms with van der Waals surface area (Å²) in [6.45, 7) is 4.86. The van der Waals surface area contributed by atoms with Crippen molar-refractivity contribution in [2.45, 2.75) is 12.8 Å². The van der Waals surface area contributed by atoms with Crippen molar-refractivity contribution < 1.29 is 9.53 Å². The number of carbonyl (C=O) groups is 1. The quantitative estimate of drug-likeness (QED) is 0.721. The number of amides is 2. The van der Waals surface area contributed by atoms with E-state index >= 15 is 0 Å². The number of urea groups is 1. The van der Waals surface area contributed by atoms with Crippen molar-refractivity contribution in [3.8, 4) is 0 Å². The van der Waals surface area contributed by atoms with Crippen LogP contribution in [0.25, 0.3) is 0 Å². The highest BCUT2D eigenvalue weighted by molar-refractivity contribution is 5.74. The maximum absolute atomic E-state index is 12.2. The molecule has 0 bridgehead atoms. The van der Waals surface area contributed by atoms with Gasteiger partial charge in [-0.3, -0.25) is 0 Å². The fourth-order valence-electron chi connectivity index (χ4n) is 2.98. The highest BCUT2D eigenvalue weighted by Gasteiger charge is 2.21. The Balaban J connectivity index is 1.24. The molecule has 7 heteroatoms. The van der Waals surface area contributed by atoms with Crippen molar-refractivity contribution >= 4 is 12.0 Å². The number of hydrogen-bond donors (Lipinski definition) is 1. The Hall–Kier alpha value is -2.67. The monoisotopic (exact) mass is 369 g/mol. The van der Waals surface area contributed by atoms with Gasteiger partial charge in [-0.05, 0) is 24.5 Å². The van der Waals surface area contributed by atoms with Gasteiger partial charge in [0.15, 0.2) is 0 Å². The number of nitrogens with zero attached hydrogens (tertiary/aromatic N) is 4. The van der Waals surface area contributed by atoms with Gasteiger partial charge in [0.05, 0.1) is 6.61 Å². The van der Waals surface area contributed by atoms with Gasteiger partial charge in [0.25, 0.3) is 0 Å². The van der Waals surface area contributed by atoms with Gasteiger partial charge in [-0.15, -0.1) is 0 Å². The predicted molar refractivity (Wildman–Crippen MR) is 105 cm³/mol. The molecule has 1 saturated heterocycles. The molecule has 2 amide bonds. The molecule has 0 atom stereocenters. The van der Waals surface area contributed by atoms with Crippen LogP contribution in [0.1, 0.15) is 12.0 Å². The van der Waals surface area contributed by atoms with Crippen LogP contribution < -0.4 is 10.2 Å². The van der Waals surface area contributed by atoms with E-state index in [1.54, 1.807) is 18.5 Å². The number of benzene rings is 1. The van der Waals surface area contributed by atoms with Crippen molar-refractivity contribution in [3.63, 3.8) is 0 Å². The van der Waals surface area contributed by atoms with E-state index in [9.17, 15) is 4.79 Å². The van der Waals surface area contributed by atoms with Gasteiger partial charge < -0.3 is 19.9 Å². The topological polar surface area (TPSA) is 70.6 Å². The largest absolute Gasteiger partial charge is 0.381 e. The first-order valence-corrected chi connectivity index (χ1v) is 9.49. The average Bonchev–Trinajstić information content (AvgIpc) is 2.74. The van der Waals surface area contributed by atoms with E-state index in [1.165, 1.54) is 5.56 Å². The van der Waals surface area contributed by atoms with E-state index in [2.05, 4.69) is 32.3 Å². The molecule has 3 rings (SSSR count). The molecule has 1 aliphatic heterocycles. The van der Waals surface area contributed by atoms with E-state index in [0.29, 0.717) is 32.8 Å². The molecule has 0 saturated carbocycles. The van der Waals surface area contributed by atoms with Gasteiger partial charge in [0.1, 0.15) is 0 Å². The summed E-state index contributed by atoms with van der Waals surface area (Å²) in [6.07, 6.45) is 5.22. The van der Waals surface area contributed by atoms with Crippen molar-refractivity contribution in [1.29, 1.82) is 0 Å². The van der Waals surface area contributed by atoms with Crippen LogP contribution in [0.5, 0.6) is 0 Å². The third-order valence-electron chi connectivity index (χ3n) is 4.52. The first kappa shape index (κ1) is 19.1. The molecular formula is C20H27N5O2. The van der Waals surface area contributed by atoms with Gasteiger partial charge in [-0.2, -0.15) is 0 Å². The molecular weight excluding hydrogens is 342 g/mol. The molecule has 144 valence electrons. The molecule has 0 aliphatic carbocycles. The standard InChI is InChI=1S/C20H27N5O2/c26-20(23-11-5-16-27-17-8-18-6-2-1-3-7-18)25-14-12-24(13-15-25)19-21-9-4-10-22-19/h1-4,6-7,9-10H,5,8,11-17H2,(H,23,26). The van der Waals surface area contributed by atoms with Crippen LogP contribution in [0, 0.1) is 0 Å². The zero-order chi connectivity index (χ0) is 18.7. The average molecular weight is 369 g/mol. The lowest BCUT2D eigenvalue weighted by Gasteiger charge is -2.34. The molecule has 2 aromatic rings. The summed E-state index contributed by atoms with van der Waals surface area (Å²) in [5.41, 5.74) is 1.28. The van der Waals surface area contributed by atoms with Crippen molar-refractivity contribution in [3.05, 3.63) is 54.4 Å². The number of nitrogens with one attached hydrogen (secondary N) is 1. The molecule has 1 aromatic heterocycles. The third kappa shape index (κ3) is 6.21. The molecule has 0 unspecified atom stereocenters. The van der Waals surface area contributed by atoms with Crippen LogP contribution in [-0.2, 0) is 11.2 Å². The number of ether oxygens (including phenoxy) is 1. The Kier molecular flexibility index (Phi) is 7.41. The molecule has 27 heavy (non-hydrogen) atoms. The number of piperazine rings is 1. The highest BCUT2D eigenvalue weighted by atomic mass is 16.5. The smallest absolute Gasteiger partial charge is 0.317 e. The Bertz CT molecular complexity index is 675. The predicted octanol–water partition coefficient (Wildman–Crippen LogP) is 1.96. The lowest BCUT2D eigenvalue weighted by molar-refractivity contribution is 0.134. The van der Waals surface area contributed by atoms with Gasteiger partial charge in [-0.1, -0.05) is 30.3 Å². The summed E-state index contributed by atoms with van der Waals surface area (Å²) < 4.78 is 5.64. The summed E-state index contributed by atoms with van der Waals surface area (Å²) in [4.78, 5) is 24.7. The first-order chi connectivity index (χ1) is 13.3. The number of aromatic nitrogens is 2. The maximum Gasteiger partial charge on any atom is 0.317 e. The molecule has 1 aromatic carbocycles. The van der Waals surface area contributed by atoms with Crippen LogP contribution in [0.3, 0.4) is 0 Å². The molecule has 0 radical (unpaired) electrons. The lowest BCUT2D eigenvalue weighted by atomic mass is 10.2. The Labute approximate surface area is 160 Å². The van der Waals surface area contributed by atoms with E-state index in [4.69, 9.17) is 4.74 Å². The summed E-state index contributed by atoms with van der Waals surface area (Å²) in [5.74, 6) is 0.727. The minimum Gasteiger partial charge on any atom is -0.381 e. The van der Waals surface area contributed by atoms with E-state index in [-0.39, 0.29) is 6.03 Å².